The molecule has 0 aliphatic heterocycles. The van der Waals surface area contributed by atoms with Crippen LogP contribution in [0.15, 0.2) is 18.2 Å². The van der Waals surface area contributed by atoms with Crippen LogP contribution in [0.3, 0.4) is 0 Å². The predicted molar refractivity (Wildman–Crippen MR) is 60.8 cm³/mol. The average Bonchev–Trinajstić information content (AvgIpc) is 2.43. The van der Waals surface area contributed by atoms with Crippen LogP contribution in [-0.2, 0) is 0 Å². The highest BCUT2D eigenvalue weighted by Gasteiger charge is 2.17. The summed E-state index contributed by atoms with van der Waals surface area (Å²) in [5.41, 5.74) is 7.10. The second-order valence-corrected chi connectivity index (χ2v) is 4.39. The van der Waals surface area contributed by atoms with Gasteiger partial charge in [-0.2, -0.15) is 0 Å². The summed E-state index contributed by atoms with van der Waals surface area (Å²) < 4.78 is 0.859. The third-order valence-electron chi connectivity index (χ3n) is 2.25. The van der Waals surface area contributed by atoms with Gasteiger partial charge in [-0.3, -0.25) is 0 Å². The van der Waals surface area contributed by atoms with E-state index in [4.69, 9.17) is 15.8 Å². The highest BCUT2D eigenvalue weighted by Crippen LogP contribution is 2.31. The van der Waals surface area contributed by atoms with Crippen molar-refractivity contribution in [2.45, 2.75) is 6.92 Å². The van der Waals surface area contributed by atoms with Gasteiger partial charge in [0.15, 0.2) is 0 Å². The topological polar surface area (TPSA) is 66.5 Å². The predicted octanol–water partition coefficient (Wildman–Crippen LogP) is 0.472. The van der Waals surface area contributed by atoms with E-state index in [9.17, 15) is 0 Å². The molecule has 2 aromatic rings. The molecule has 0 spiro atoms. The van der Waals surface area contributed by atoms with Crippen LogP contribution in [0.25, 0.3) is 10.1 Å². The van der Waals surface area contributed by atoms with Gasteiger partial charge in [0.05, 0.1) is 5.69 Å². The van der Waals surface area contributed by atoms with Gasteiger partial charge in [-0.05, 0) is 12.4 Å². The van der Waals surface area contributed by atoms with Crippen molar-refractivity contribution in [3.8, 4) is 0 Å². The smallest absolute Gasteiger partial charge is 0.423 e. The summed E-state index contributed by atoms with van der Waals surface area (Å²) in [5.74, 6) is 0. The lowest BCUT2D eigenvalue weighted by Gasteiger charge is -2.00. The first-order valence-corrected chi connectivity index (χ1v) is 5.06. The molecule has 0 atom stereocenters. The Balaban J connectivity index is 2.81. The van der Waals surface area contributed by atoms with E-state index in [-0.39, 0.29) is 0 Å². The Morgan fingerprint density at radius 2 is 2.07 bits per heavy atom. The molecule has 0 aliphatic carbocycles. The number of anilines is 1. The number of hydrogen-bond donors (Lipinski definition) is 3. The highest BCUT2D eigenvalue weighted by molar-refractivity contribution is 7.21. The first-order valence-electron chi connectivity index (χ1n) is 4.25. The number of fused-ring (bicyclic) bond motifs is 1. The zero-order chi connectivity index (χ0) is 10.3. The van der Waals surface area contributed by atoms with E-state index < -0.39 is 7.12 Å². The van der Waals surface area contributed by atoms with Crippen molar-refractivity contribution in [1.29, 1.82) is 0 Å². The van der Waals surface area contributed by atoms with Crippen molar-refractivity contribution in [2.75, 3.05) is 5.73 Å². The summed E-state index contributed by atoms with van der Waals surface area (Å²) in [6.07, 6.45) is 0. The second-order valence-electron chi connectivity index (χ2n) is 3.17. The van der Waals surface area contributed by atoms with E-state index >= 15 is 0 Å². The molecule has 0 aliphatic rings. The van der Waals surface area contributed by atoms with Crippen LogP contribution in [0.2, 0.25) is 0 Å². The first kappa shape index (κ1) is 9.52. The Labute approximate surface area is 85.9 Å². The van der Waals surface area contributed by atoms with Crippen LogP contribution >= 0.6 is 11.3 Å². The van der Waals surface area contributed by atoms with Gasteiger partial charge in [-0.25, -0.2) is 0 Å². The van der Waals surface area contributed by atoms with E-state index in [0.717, 1.165) is 20.7 Å². The van der Waals surface area contributed by atoms with Gasteiger partial charge < -0.3 is 15.8 Å². The highest BCUT2D eigenvalue weighted by atomic mass is 32.1. The molecule has 0 bridgehead atoms. The maximum Gasteiger partial charge on any atom is 0.489 e. The van der Waals surface area contributed by atoms with Gasteiger partial charge >= 0.3 is 7.12 Å². The molecule has 0 saturated heterocycles. The van der Waals surface area contributed by atoms with Gasteiger partial charge in [-0.1, -0.05) is 18.2 Å². The van der Waals surface area contributed by atoms with Gasteiger partial charge in [-0.15, -0.1) is 11.3 Å². The third kappa shape index (κ3) is 1.30. The fourth-order valence-electron chi connectivity index (χ4n) is 1.48. The summed E-state index contributed by atoms with van der Waals surface area (Å²) in [4.78, 5) is 1.01. The molecule has 2 rings (SSSR count). The molecule has 0 saturated carbocycles. The normalized spacial score (nSPS) is 10.8. The van der Waals surface area contributed by atoms with Crippen LogP contribution < -0.4 is 11.2 Å². The average molecular weight is 207 g/mol. The molecule has 1 aromatic carbocycles. The summed E-state index contributed by atoms with van der Waals surface area (Å²) in [6, 6.07) is 5.36. The van der Waals surface area contributed by atoms with Gasteiger partial charge in [0.2, 0.25) is 0 Å². The summed E-state index contributed by atoms with van der Waals surface area (Å²) in [6.45, 7) is 1.92. The van der Waals surface area contributed by atoms with E-state index in [1.807, 2.05) is 13.0 Å². The molecule has 72 valence electrons. The van der Waals surface area contributed by atoms with E-state index in [0.29, 0.717) is 5.46 Å². The number of rotatable bonds is 1. The number of nitrogen functional groups attached to an aromatic ring is 1. The SMILES string of the molecule is Cc1sc2c(B(O)O)cccc2c1N. The Kier molecular flexibility index (Phi) is 2.22. The summed E-state index contributed by atoms with van der Waals surface area (Å²) >= 11 is 1.49. The number of thiophene rings is 1. The van der Waals surface area contributed by atoms with Crippen molar-refractivity contribution in [2.24, 2.45) is 0 Å². The second kappa shape index (κ2) is 3.27. The lowest BCUT2D eigenvalue weighted by atomic mass is 9.80. The third-order valence-corrected chi connectivity index (χ3v) is 3.43. The number of nitrogens with two attached hydrogens (primary N) is 1. The Morgan fingerprint density at radius 1 is 1.36 bits per heavy atom. The van der Waals surface area contributed by atoms with E-state index in [1.54, 1.807) is 12.1 Å². The van der Waals surface area contributed by atoms with Crippen molar-refractivity contribution >= 4 is 39.7 Å². The molecular weight excluding hydrogens is 197 g/mol. The van der Waals surface area contributed by atoms with Crippen molar-refractivity contribution in [3.63, 3.8) is 0 Å². The van der Waals surface area contributed by atoms with Crippen molar-refractivity contribution < 1.29 is 10.0 Å². The zero-order valence-electron chi connectivity index (χ0n) is 7.69. The molecule has 0 unspecified atom stereocenters. The molecule has 0 fully saturated rings. The first-order chi connectivity index (χ1) is 6.61. The molecule has 4 N–H and O–H groups in total. The van der Waals surface area contributed by atoms with E-state index in [2.05, 4.69) is 0 Å². The van der Waals surface area contributed by atoms with Gasteiger partial charge in [0.1, 0.15) is 0 Å². The van der Waals surface area contributed by atoms with E-state index in [1.165, 1.54) is 11.3 Å². The minimum Gasteiger partial charge on any atom is -0.423 e. The van der Waals surface area contributed by atoms with Crippen LogP contribution in [0.1, 0.15) is 4.88 Å². The molecule has 5 heteroatoms. The maximum absolute atomic E-state index is 9.14. The summed E-state index contributed by atoms with van der Waals surface area (Å²) in [5, 5.41) is 19.2. The standard InChI is InChI=1S/C9H10BNO2S/c1-5-8(11)6-3-2-4-7(10(12)13)9(6)14-5/h2-4,12-13H,11H2,1H3. The molecule has 0 radical (unpaired) electrons. The quantitative estimate of drug-likeness (QED) is 0.595. The lowest BCUT2D eigenvalue weighted by Crippen LogP contribution is -2.29. The number of benzene rings is 1. The fourth-order valence-corrected chi connectivity index (χ4v) is 2.59. The molecule has 0 amide bonds. The fraction of sp³-hybridized carbons (Fsp3) is 0.111. The monoisotopic (exact) mass is 207 g/mol. The minimum atomic E-state index is -1.43. The van der Waals surface area contributed by atoms with Crippen molar-refractivity contribution in [3.05, 3.63) is 23.1 Å². The number of aryl methyl sites for hydroxylation is 1. The van der Waals surface area contributed by atoms with Crippen LogP contribution in [0, 0.1) is 6.92 Å². The Hall–Kier alpha value is -1.04. The van der Waals surface area contributed by atoms with Gasteiger partial charge in [0, 0.05) is 15.0 Å². The Morgan fingerprint density at radius 3 is 2.71 bits per heavy atom. The van der Waals surface area contributed by atoms with Crippen LogP contribution in [-0.4, -0.2) is 17.2 Å². The number of hydrogen-bond acceptors (Lipinski definition) is 4. The maximum atomic E-state index is 9.14. The summed E-state index contributed by atoms with van der Waals surface area (Å²) in [7, 11) is -1.43. The largest absolute Gasteiger partial charge is 0.489 e. The molecule has 3 nitrogen and oxygen atoms in total. The van der Waals surface area contributed by atoms with Crippen LogP contribution in [0.4, 0.5) is 5.69 Å². The van der Waals surface area contributed by atoms with Gasteiger partial charge in [0.25, 0.3) is 0 Å². The molecule has 14 heavy (non-hydrogen) atoms. The zero-order valence-corrected chi connectivity index (χ0v) is 8.51. The van der Waals surface area contributed by atoms with Crippen molar-refractivity contribution in [1.82, 2.24) is 0 Å². The van der Waals surface area contributed by atoms with Crippen LogP contribution in [0.5, 0.6) is 0 Å². The minimum absolute atomic E-state index is 0.521. The lowest BCUT2D eigenvalue weighted by molar-refractivity contribution is 0.426. The molecule has 1 aromatic heterocycles. The Bertz CT molecular complexity index is 481. The molecular formula is C9H10BNO2S. The molecule has 1 heterocycles.